The zero-order valence-corrected chi connectivity index (χ0v) is 7.77. The number of carbonyl (C=O) groups is 1. The van der Waals surface area contributed by atoms with E-state index in [1.54, 1.807) is 0 Å². The Hall–Kier alpha value is -2.11. The van der Waals surface area contributed by atoms with Crippen LogP contribution >= 0.6 is 0 Å². The van der Waals surface area contributed by atoms with Gasteiger partial charge < -0.3 is 24.8 Å². The molecule has 1 aromatic carbocycles. The molecule has 0 radical (unpaired) electrons. The van der Waals surface area contributed by atoms with Crippen molar-refractivity contribution in [1.82, 2.24) is 0 Å². The zero-order valence-electron chi connectivity index (χ0n) is 7.77. The summed E-state index contributed by atoms with van der Waals surface area (Å²) in [5.74, 6) is -2.85. The van der Waals surface area contributed by atoms with E-state index < -0.39 is 23.2 Å². The number of methoxy groups -OCH3 is 1. The number of phenolic OH excluding ortho intramolecular Hbond substituents is 3. The lowest BCUT2D eigenvalue weighted by molar-refractivity contribution is 0.0532. The lowest BCUT2D eigenvalue weighted by atomic mass is 10.1. The lowest BCUT2D eigenvalue weighted by Gasteiger charge is -2.10. The van der Waals surface area contributed by atoms with Crippen molar-refractivity contribution in [3.8, 4) is 23.0 Å². The third-order valence-electron chi connectivity index (χ3n) is 2.23. The molecular formula is C9H8O6. The normalized spacial score (nSPS) is 13.5. The summed E-state index contributed by atoms with van der Waals surface area (Å²) >= 11 is 0. The van der Waals surface area contributed by atoms with Crippen LogP contribution in [0.5, 0.6) is 23.0 Å². The highest BCUT2D eigenvalue weighted by Gasteiger charge is 2.34. The summed E-state index contributed by atoms with van der Waals surface area (Å²) in [6, 6.07) is 0. The van der Waals surface area contributed by atoms with Crippen LogP contribution in [-0.4, -0.2) is 28.4 Å². The molecule has 0 atom stereocenters. The maximum Gasteiger partial charge on any atom is 0.342 e. The van der Waals surface area contributed by atoms with Gasteiger partial charge >= 0.3 is 5.97 Å². The predicted octanol–water partition coefficient (Wildman–Crippen LogP) is 0.482. The van der Waals surface area contributed by atoms with Crippen LogP contribution in [0, 0.1) is 0 Å². The molecule has 80 valence electrons. The third kappa shape index (κ3) is 1.08. The number of carbonyl (C=O) groups excluding carboxylic acids is 1. The first-order valence-corrected chi connectivity index (χ1v) is 4.08. The van der Waals surface area contributed by atoms with Gasteiger partial charge in [0.2, 0.25) is 11.5 Å². The highest BCUT2D eigenvalue weighted by atomic mass is 16.5. The second-order valence-electron chi connectivity index (χ2n) is 3.01. The van der Waals surface area contributed by atoms with Gasteiger partial charge in [0, 0.05) is 0 Å². The van der Waals surface area contributed by atoms with Crippen LogP contribution in [0.15, 0.2) is 0 Å². The Morgan fingerprint density at radius 2 is 1.87 bits per heavy atom. The molecule has 3 N–H and O–H groups in total. The first-order chi connectivity index (χ1) is 7.07. The molecule has 1 aliphatic heterocycles. The van der Waals surface area contributed by atoms with Gasteiger partial charge in [0.25, 0.3) is 0 Å². The Balaban J connectivity index is 2.82. The Bertz CT molecular complexity index is 451. The quantitative estimate of drug-likeness (QED) is 0.463. The second-order valence-corrected chi connectivity index (χ2v) is 3.01. The van der Waals surface area contributed by atoms with Crippen molar-refractivity contribution in [2.75, 3.05) is 7.11 Å². The molecular weight excluding hydrogens is 204 g/mol. The number of benzene rings is 1. The van der Waals surface area contributed by atoms with Gasteiger partial charge in [0.05, 0.1) is 12.7 Å². The van der Waals surface area contributed by atoms with Crippen LogP contribution < -0.4 is 4.74 Å². The van der Waals surface area contributed by atoms with Crippen LogP contribution in [0.25, 0.3) is 0 Å². The molecule has 1 aromatic rings. The number of esters is 1. The number of cyclic esters (lactones) is 1. The van der Waals surface area contributed by atoms with Crippen molar-refractivity contribution in [3.63, 3.8) is 0 Å². The summed E-state index contributed by atoms with van der Waals surface area (Å²) in [7, 11) is 1.23. The predicted molar refractivity (Wildman–Crippen MR) is 47.1 cm³/mol. The average molecular weight is 212 g/mol. The van der Waals surface area contributed by atoms with Crippen molar-refractivity contribution in [2.45, 2.75) is 6.61 Å². The number of phenols is 3. The molecule has 0 amide bonds. The van der Waals surface area contributed by atoms with Gasteiger partial charge in [0.1, 0.15) is 12.2 Å². The fraction of sp³-hybridized carbons (Fsp3) is 0.222. The van der Waals surface area contributed by atoms with Gasteiger partial charge in [-0.15, -0.1) is 0 Å². The minimum Gasteiger partial charge on any atom is -0.504 e. The third-order valence-corrected chi connectivity index (χ3v) is 2.23. The summed E-state index contributed by atoms with van der Waals surface area (Å²) < 4.78 is 9.43. The largest absolute Gasteiger partial charge is 0.504 e. The first kappa shape index (κ1) is 9.45. The Kier molecular flexibility index (Phi) is 1.85. The van der Waals surface area contributed by atoms with E-state index in [0.717, 1.165) is 0 Å². The number of rotatable bonds is 1. The maximum atomic E-state index is 11.3. The van der Waals surface area contributed by atoms with Crippen LogP contribution in [0.1, 0.15) is 15.9 Å². The zero-order chi connectivity index (χ0) is 11.2. The molecule has 6 nitrogen and oxygen atoms in total. The van der Waals surface area contributed by atoms with E-state index in [0.29, 0.717) is 0 Å². The smallest absolute Gasteiger partial charge is 0.342 e. The number of fused-ring (bicyclic) bond motifs is 1. The maximum absolute atomic E-state index is 11.3. The Morgan fingerprint density at radius 3 is 2.47 bits per heavy atom. The molecule has 1 heterocycles. The highest BCUT2D eigenvalue weighted by molar-refractivity contribution is 5.99. The van der Waals surface area contributed by atoms with E-state index in [1.165, 1.54) is 7.11 Å². The van der Waals surface area contributed by atoms with E-state index in [2.05, 4.69) is 4.74 Å². The first-order valence-electron chi connectivity index (χ1n) is 4.08. The van der Waals surface area contributed by atoms with Crippen LogP contribution in [-0.2, 0) is 11.3 Å². The summed E-state index contributed by atoms with van der Waals surface area (Å²) in [5, 5.41) is 28.2. The van der Waals surface area contributed by atoms with Gasteiger partial charge in [-0.05, 0) is 0 Å². The summed E-state index contributed by atoms with van der Waals surface area (Å²) in [5.41, 5.74) is 0.0671. The number of hydrogen-bond acceptors (Lipinski definition) is 6. The highest BCUT2D eigenvalue weighted by Crippen LogP contribution is 2.49. The molecule has 0 spiro atoms. The summed E-state index contributed by atoms with van der Waals surface area (Å²) in [6.45, 7) is -0.149. The van der Waals surface area contributed by atoms with Crippen LogP contribution in [0.3, 0.4) is 0 Å². The van der Waals surface area contributed by atoms with Crippen LogP contribution in [0.4, 0.5) is 0 Å². The number of ether oxygens (including phenoxy) is 2. The van der Waals surface area contributed by atoms with E-state index in [1.807, 2.05) is 0 Å². The van der Waals surface area contributed by atoms with Crippen molar-refractivity contribution in [2.24, 2.45) is 0 Å². The molecule has 0 saturated carbocycles. The van der Waals surface area contributed by atoms with Gasteiger partial charge in [-0.2, -0.15) is 0 Å². The number of aromatic hydroxyl groups is 3. The van der Waals surface area contributed by atoms with Crippen LogP contribution in [0.2, 0.25) is 0 Å². The molecule has 1 aliphatic rings. The van der Waals surface area contributed by atoms with Gasteiger partial charge in [-0.3, -0.25) is 0 Å². The molecule has 0 saturated heterocycles. The van der Waals surface area contributed by atoms with E-state index in [-0.39, 0.29) is 23.5 Å². The summed E-state index contributed by atoms with van der Waals surface area (Å²) in [4.78, 5) is 11.3. The molecule has 0 unspecified atom stereocenters. The minimum atomic E-state index is -0.719. The molecule has 15 heavy (non-hydrogen) atoms. The SMILES string of the molecule is COc1c(O)c(O)c(O)c2c1C(=O)OC2. The summed E-state index contributed by atoms with van der Waals surface area (Å²) in [6.07, 6.45) is 0. The molecule has 0 fully saturated rings. The standard InChI is InChI=1S/C9H8O6/c1-14-8-4-3(2-15-9(4)13)5(10)6(11)7(8)12/h10-12H,2H2,1H3. The lowest BCUT2D eigenvalue weighted by Crippen LogP contribution is -1.99. The minimum absolute atomic E-state index is 0.0506. The Morgan fingerprint density at radius 1 is 1.20 bits per heavy atom. The fourth-order valence-corrected chi connectivity index (χ4v) is 1.50. The van der Waals surface area contributed by atoms with Gasteiger partial charge in [0.15, 0.2) is 11.5 Å². The fourth-order valence-electron chi connectivity index (χ4n) is 1.50. The number of hydrogen-bond donors (Lipinski definition) is 3. The molecule has 0 aliphatic carbocycles. The van der Waals surface area contributed by atoms with Gasteiger partial charge in [-0.1, -0.05) is 0 Å². The molecule has 2 rings (SSSR count). The monoisotopic (exact) mass is 212 g/mol. The van der Waals surface area contributed by atoms with E-state index >= 15 is 0 Å². The Labute approximate surface area is 84.3 Å². The molecule has 0 aromatic heterocycles. The molecule has 0 bridgehead atoms. The van der Waals surface area contributed by atoms with Crippen molar-refractivity contribution < 1.29 is 29.6 Å². The van der Waals surface area contributed by atoms with E-state index in [4.69, 9.17) is 4.74 Å². The molecule has 6 heteroatoms. The average Bonchev–Trinajstić information content (AvgIpc) is 2.59. The van der Waals surface area contributed by atoms with Gasteiger partial charge in [-0.25, -0.2) is 4.79 Å². The van der Waals surface area contributed by atoms with Crippen molar-refractivity contribution in [1.29, 1.82) is 0 Å². The van der Waals surface area contributed by atoms with E-state index in [9.17, 15) is 20.1 Å². The topological polar surface area (TPSA) is 96.2 Å². The van der Waals surface area contributed by atoms with Crippen molar-refractivity contribution >= 4 is 5.97 Å². The second kappa shape index (κ2) is 2.94. The van der Waals surface area contributed by atoms with Crippen molar-refractivity contribution in [3.05, 3.63) is 11.1 Å².